The highest BCUT2D eigenvalue weighted by molar-refractivity contribution is 5.94. The van der Waals surface area contributed by atoms with Crippen molar-refractivity contribution >= 4 is 11.9 Å². The summed E-state index contributed by atoms with van der Waals surface area (Å²) in [4.78, 5) is 16.7. The Morgan fingerprint density at radius 2 is 1.67 bits per heavy atom. The van der Waals surface area contributed by atoms with Gasteiger partial charge < -0.3 is 25.8 Å². The zero-order chi connectivity index (χ0) is 22.0. The molecule has 0 aliphatic heterocycles. The number of carbonyl (C=O) groups is 1. The maximum Gasteiger partial charge on any atom is 0.251 e. The van der Waals surface area contributed by atoms with Crippen LogP contribution >= 0.6 is 0 Å². The van der Waals surface area contributed by atoms with E-state index in [4.69, 9.17) is 4.74 Å². The number of hydrogen-bond donors (Lipinski definition) is 4. The number of benzene rings is 2. The number of phenolic OH excluding ortho intramolecular Hbond substituents is 1. The molecule has 0 spiro atoms. The number of guanidine groups is 1. The number of aliphatic imine (C=N–C) groups is 1. The highest BCUT2D eigenvalue weighted by Gasteiger charge is 2.14. The summed E-state index contributed by atoms with van der Waals surface area (Å²) >= 11 is 0. The number of ether oxygens (including phenoxy) is 1. The molecule has 1 amide bonds. The molecule has 30 heavy (non-hydrogen) atoms. The van der Waals surface area contributed by atoms with E-state index < -0.39 is 0 Å². The lowest BCUT2D eigenvalue weighted by atomic mass is 10.1. The van der Waals surface area contributed by atoms with Crippen molar-refractivity contribution in [1.82, 2.24) is 16.0 Å². The van der Waals surface area contributed by atoms with Crippen LogP contribution < -0.4 is 20.7 Å². The van der Waals surface area contributed by atoms with E-state index in [9.17, 15) is 9.90 Å². The number of nitrogens with one attached hydrogen (secondary N) is 3. The van der Waals surface area contributed by atoms with Gasteiger partial charge in [0.1, 0.15) is 17.1 Å². The van der Waals surface area contributed by atoms with Gasteiger partial charge in [-0.15, -0.1) is 0 Å². The van der Waals surface area contributed by atoms with Crippen LogP contribution in [0.1, 0.15) is 43.6 Å². The number of phenols is 1. The predicted octanol–water partition coefficient (Wildman–Crippen LogP) is 3.05. The first-order valence-corrected chi connectivity index (χ1v) is 10.1. The minimum Gasteiger partial charge on any atom is -0.508 e. The Morgan fingerprint density at radius 3 is 2.33 bits per heavy atom. The maximum absolute atomic E-state index is 12.1. The summed E-state index contributed by atoms with van der Waals surface area (Å²) in [6.45, 7) is 10.2. The van der Waals surface area contributed by atoms with E-state index in [2.05, 4.69) is 20.9 Å². The monoisotopic (exact) mass is 412 g/mol. The summed E-state index contributed by atoms with van der Waals surface area (Å²) in [7, 11) is 0. The third-order valence-electron chi connectivity index (χ3n) is 3.97. The third-order valence-corrected chi connectivity index (χ3v) is 3.97. The van der Waals surface area contributed by atoms with Crippen LogP contribution in [-0.2, 0) is 6.54 Å². The van der Waals surface area contributed by atoms with E-state index in [1.54, 1.807) is 12.1 Å². The van der Waals surface area contributed by atoms with E-state index >= 15 is 0 Å². The summed E-state index contributed by atoms with van der Waals surface area (Å²) in [6, 6.07) is 14.0. The topological polar surface area (TPSA) is 95.0 Å². The Labute approximate surface area is 178 Å². The van der Waals surface area contributed by atoms with Crippen molar-refractivity contribution in [1.29, 1.82) is 0 Å². The number of hydrogen-bond acceptors (Lipinski definition) is 4. The Bertz CT molecular complexity index is 842. The average molecular weight is 413 g/mol. The van der Waals surface area contributed by atoms with Crippen molar-refractivity contribution in [2.45, 2.75) is 39.8 Å². The van der Waals surface area contributed by atoms with Crippen molar-refractivity contribution in [3.8, 4) is 11.5 Å². The van der Waals surface area contributed by atoms with E-state index in [1.165, 1.54) is 12.1 Å². The Hall–Kier alpha value is -3.22. The van der Waals surface area contributed by atoms with E-state index in [-0.39, 0.29) is 17.3 Å². The number of rotatable bonds is 8. The van der Waals surface area contributed by atoms with Crippen LogP contribution in [0.25, 0.3) is 0 Å². The number of amides is 1. The van der Waals surface area contributed by atoms with Gasteiger partial charge in [0.05, 0.1) is 6.54 Å². The van der Waals surface area contributed by atoms with E-state index in [0.29, 0.717) is 31.2 Å². The molecule has 0 radical (unpaired) electrons. The van der Waals surface area contributed by atoms with Crippen molar-refractivity contribution in [3.05, 3.63) is 59.7 Å². The summed E-state index contributed by atoms with van der Waals surface area (Å²) < 4.78 is 6.03. The standard InChI is InChI=1S/C23H32N4O3/c1-5-24-22(26-15-14-25-21(29)17-10-12-19(28)13-11-17)27-16-18-8-6-7-9-20(18)30-23(2,3)4/h6-13,28H,5,14-16H2,1-4H3,(H,25,29)(H2,24,26,27). The molecular formula is C23H32N4O3. The van der Waals surface area contributed by atoms with Crippen LogP contribution in [-0.4, -0.2) is 42.2 Å². The fourth-order valence-corrected chi connectivity index (χ4v) is 2.64. The first kappa shape index (κ1) is 23.1. The lowest BCUT2D eigenvalue weighted by molar-refractivity contribution is 0.0954. The molecule has 0 heterocycles. The van der Waals surface area contributed by atoms with Gasteiger partial charge in [-0.25, -0.2) is 4.99 Å². The van der Waals surface area contributed by atoms with Crippen molar-refractivity contribution in [2.75, 3.05) is 19.6 Å². The van der Waals surface area contributed by atoms with Gasteiger partial charge in [-0.3, -0.25) is 4.79 Å². The lowest BCUT2D eigenvalue weighted by Crippen LogP contribution is -2.41. The first-order chi connectivity index (χ1) is 14.3. The summed E-state index contributed by atoms with van der Waals surface area (Å²) in [5.74, 6) is 1.44. The molecule has 0 atom stereocenters. The Morgan fingerprint density at radius 1 is 1.00 bits per heavy atom. The SMILES string of the molecule is CCNC(=NCc1ccccc1OC(C)(C)C)NCCNC(=O)c1ccc(O)cc1. The molecule has 0 aliphatic carbocycles. The fraction of sp³-hybridized carbons (Fsp3) is 0.391. The van der Waals surface area contributed by atoms with Gasteiger partial charge in [0, 0.05) is 30.8 Å². The molecule has 2 aromatic rings. The second kappa shape index (κ2) is 11.1. The molecule has 0 aromatic heterocycles. The van der Waals surface area contributed by atoms with Gasteiger partial charge >= 0.3 is 0 Å². The van der Waals surface area contributed by atoms with Crippen LogP contribution in [0.2, 0.25) is 0 Å². The molecule has 4 N–H and O–H groups in total. The van der Waals surface area contributed by atoms with Crippen LogP contribution in [0.15, 0.2) is 53.5 Å². The zero-order valence-electron chi connectivity index (χ0n) is 18.2. The largest absolute Gasteiger partial charge is 0.508 e. The first-order valence-electron chi connectivity index (χ1n) is 10.1. The minimum atomic E-state index is -0.279. The lowest BCUT2D eigenvalue weighted by Gasteiger charge is -2.23. The molecule has 0 unspecified atom stereocenters. The molecular weight excluding hydrogens is 380 g/mol. The zero-order valence-corrected chi connectivity index (χ0v) is 18.2. The highest BCUT2D eigenvalue weighted by Crippen LogP contribution is 2.23. The average Bonchev–Trinajstić information content (AvgIpc) is 2.69. The maximum atomic E-state index is 12.1. The molecule has 2 rings (SSSR count). The number of carbonyl (C=O) groups excluding carboxylic acids is 1. The molecule has 0 aliphatic rings. The van der Waals surface area contributed by atoms with Gasteiger partial charge in [-0.05, 0) is 58.0 Å². The third kappa shape index (κ3) is 8.03. The molecule has 0 fully saturated rings. The number of aromatic hydroxyl groups is 1. The van der Waals surface area contributed by atoms with E-state index in [0.717, 1.165) is 17.9 Å². The van der Waals surface area contributed by atoms with Crippen molar-refractivity contribution in [2.24, 2.45) is 4.99 Å². The quantitative estimate of drug-likeness (QED) is 0.304. The summed E-state index contributed by atoms with van der Waals surface area (Å²) in [5.41, 5.74) is 1.23. The Kier molecular flexibility index (Phi) is 8.53. The summed E-state index contributed by atoms with van der Waals surface area (Å²) in [6.07, 6.45) is 0. The van der Waals surface area contributed by atoms with Gasteiger partial charge in [-0.2, -0.15) is 0 Å². The van der Waals surface area contributed by atoms with E-state index in [1.807, 2.05) is 52.0 Å². The van der Waals surface area contributed by atoms with Crippen molar-refractivity contribution < 1.29 is 14.6 Å². The number of nitrogens with zero attached hydrogens (tertiary/aromatic N) is 1. The number of para-hydroxylation sites is 1. The summed E-state index contributed by atoms with van der Waals surface area (Å²) in [5, 5.41) is 18.6. The molecule has 0 saturated carbocycles. The van der Waals surface area contributed by atoms with Crippen LogP contribution in [0.5, 0.6) is 11.5 Å². The smallest absolute Gasteiger partial charge is 0.251 e. The molecule has 162 valence electrons. The molecule has 2 aromatic carbocycles. The predicted molar refractivity (Wildman–Crippen MR) is 120 cm³/mol. The van der Waals surface area contributed by atoms with Crippen LogP contribution in [0, 0.1) is 0 Å². The van der Waals surface area contributed by atoms with Gasteiger partial charge in [-0.1, -0.05) is 18.2 Å². The van der Waals surface area contributed by atoms with Crippen molar-refractivity contribution in [3.63, 3.8) is 0 Å². The second-order valence-corrected chi connectivity index (χ2v) is 7.75. The highest BCUT2D eigenvalue weighted by atomic mass is 16.5. The normalized spacial score (nSPS) is 11.7. The van der Waals surface area contributed by atoms with Crippen LogP contribution in [0.3, 0.4) is 0 Å². The van der Waals surface area contributed by atoms with Gasteiger partial charge in [0.15, 0.2) is 5.96 Å². The molecule has 7 nitrogen and oxygen atoms in total. The minimum absolute atomic E-state index is 0.134. The fourth-order valence-electron chi connectivity index (χ4n) is 2.64. The van der Waals surface area contributed by atoms with Crippen LogP contribution in [0.4, 0.5) is 0 Å². The second-order valence-electron chi connectivity index (χ2n) is 7.75. The molecule has 0 saturated heterocycles. The van der Waals surface area contributed by atoms with Gasteiger partial charge in [0.25, 0.3) is 5.91 Å². The molecule has 7 heteroatoms. The van der Waals surface area contributed by atoms with Gasteiger partial charge in [0.2, 0.25) is 0 Å². The Balaban J connectivity index is 1.89. The molecule has 0 bridgehead atoms.